The molecule has 212 valence electrons. The van der Waals surface area contributed by atoms with E-state index in [1.54, 1.807) is 42.0 Å². The lowest BCUT2D eigenvalue weighted by Gasteiger charge is -2.33. The number of carbonyl (C=O) groups excluding carboxylic acids is 1. The SMILES string of the molecule is CC(C)(C)[C@H]1CCc2c(sc(N=Cc3ccc(OCc4cccc(C(=O)O)c4)cc3)c2C(=O)NCc2ccco2)C1. The Balaban J connectivity index is 1.32. The highest BCUT2D eigenvalue weighted by molar-refractivity contribution is 7.16. The lowest BCUT2D eigenvalue weighted by atomic mass is 9.72. The molecule has 1 aliphatic carbocycles. The Kier molecular flexibility index (Phi) is 8.40. The summed E-state index contributed by atoms with van der Waals surface area (Å²) in [6.07, 6.45) is 6.26. The average molecular weight is 571 g/mol. The minimum absolute atomic E-state index is 0.129. The minimum atomic E-state index is -0.964. The summed E-state index contributed by atoms with van der Waals surface area (Å²) in [6.45, 7) is 7.44. The van der Waals surface area contributed by atoms with Crippen LogP contribution < -0.4 is 10.1 Å². The molecule has 1 atom stereocenters. The second-order valence-corrected chi connectivity index (χ2v) is 12.5. The number of rotatable bonds is 9. The number of furan rings is 1. The highest BCUT2D eigenvalue weighted by Gasteiger charge is 2.33. The van der Waals surface area contributed by atoms with Gasteiger partial charge in [-0.2, -0.15) is 0 Å². The number of carboxylic acid groups (broad SMARTS) is 1. The molecular weight excluding hydrogens is 536 g/mol. The van der Waals surface area contributed by atoms with E-state index >= 15 is 0 Å². The van der Waals surface area contributed by atoms with Crippen LogP contribution in [0.1, 0.15) is 75.2 Å². The van der Waals surface area contributed by atoms with E-state index in [0.717, 1.165) is 41.0 Å². The summed E-state index contributed by atoms with van der Waals surface area (Å²) >= 11 is 1.62. The highest BCUT2D eigenvalue weighted by atomic mass is 32.1. The fraction of sp³-hybridized carbons (Fsp3) is 0.303. The summed E-state index contributed by atoms with van der Waals surface area (Å²) in [5, 5.41) is 12.9. The van der Waals surface area contributed by atoms with Gasteiger partial charge in [0.15, 0.2) is 0 Å². The Morgan fingerprint density at radius 1 is 1.15 bits per heavy atom. The second-order valence-electron chi connectivity index (χ2n) is 11.4. The molecule has 0 aliphatic heterocycles. The Bertz CT molecular complexity index is 1550. The first-order valence-electron chi connectivity index (χ1n) is 13.7. The molecule has 0 bridgehead atoms. The predicted octanol–water partition coefficient (Wildman–Crippen LogP) is 7.45. The first kappa shape index (κ1) is 28.4. The first-order chi connectivity index (χ1) is 19.7. The molecule has 1 aliphatic rings. The summed E-state index contributed by atoms with van der Waals surface area (Å²) in [6, 6.07) is 17.9. The van der Waals surface area contributed by atoms with Crippen molar-refractivity contribution in [2.45, 2.75) is 53.2 Å². The zero-order valence-electron chi connectivity index (χ0n) is 23.5. The van der Waals surface area contributed by atoms with Crippen molar-refractivity contribution in [3.8, 4) is 5.75 Å². The standard InChI is InChI=1S/C33H34N2O5S/c1-33(2,3)24-11-14-27-28(17-24)41-31(29(27)30(36)34-19-26-8-5-15-39-26)35-18-21-9-12-25(13-10-21)40-20-22-6-4-7-23(16-22)32(37)38/h4-10,12-13,15-16,18,24H,11,14,17,19-20H2,1-3H3,(H,34,36)(H,37,38)/t24-/m0/s1. The van der Waals surface area contributed by atoms with E-state index in [-0.39, 0.29) is 23.5 Å². The van der Waals surface area contributed by atoms with Gasteiger partial charge in [-0.1, -0.05) is 32.9 Å². The fourth-order valence-electron chi connectivity index (χ4n) is 5.05. The van der Waals surface area contributed by atoms with E-state index in [1.807, 2.05) is 42.5 Å². The van der Waals surface area contributed by atoms with Gasteiger partial charge in [0, 0.05) is 11.1 Å². The Morgan fingerprint density at radius 3 is 2.66 bits per heavy atom. The monoisotopic (exact) mass is 570 g/mol. The zero-order chi connectivity index (χ0) is 29.0. The van der Waals surface area contributed by atoms with E-state index in [4.69, 9.17) is 14.1 Å². The second kappa shape index (κ2) is 12.1. The van der Waals surface area contributed by atoms with Crippen LogP contribution in [-0.2, 0) is 26.0 Å². The molecule has 0 fully saturated rings. The van der Waals surface area contributed by atoms with Gasteiger partial charge in [0.1, 0.15) is 23.1 Å². The number of nitrogens with zero attached hydrogens (tertiary/aromatic N) is 1. The van der Waals surface area contributed by atoms with Gasteiger partial charge < -0.3 is 19.6 Å². The molecule has 0 saturated carbocycles. The minimum Gasteiger partial charge on any atom is -0.489 e. The third kappa shape index (κ3) is 6.95. The molecule has 41 heavy (non-hydrogen) atoms. The quantitative estimate of drug-likeness (QED) is 0.204. The molecule has 0 saturated heterocycles. The molecule has 0 unspecified atom stereocenters. The number of hydrogen-bond acceptors (Lipinski definition) is 6. The van der Waals surface area contributed by atoms with Gasteiger partial charge in [-0.25, -0.2) is 9.79 Å². The van der Waals surface area contributed by atoms with Crippen LogP contribution >= 0.6 is 11.3 Å². The topological polar surface area (TPSA) is 101 Å². The van der Waals surface area contributed by atoms with Crippen molar-refractivity contribution in [2.24, 2.45) is 16.3 Å². The van der Waals surface area contributed by atoms with Crippen LogP contribution in [-0.4, -0.2) is 23.2 Å². The number of nitrogens with one attached hydrogen (secondary N) is 1. The third-order valence-electron chi connectivity index (χ3n) is 7.49. The molecule has 4 aromatic rings. The maximum Gasteiger partial charge on any atom is 0.335 e. The van der Waals surface area contributed by atoms with E-state index < -0.39 is 5.97 Å². The lowest BCUT2D eigenvalue weighted by Crippen LogP contribution is -2.28. The molecule has 8 heteroatoms. The summed E-state index contributed by atoms with van der Waals surface area (Å²) in [7, 11) is 0. The first-order valence-corrected chi connectivity index (χ1v) is 14.5. The van der Waals surface area contributed by atoms with Crippen molar-refractivity contribution in [3.05, 3.63) is 105 Å². The number of ether oxygens (including phenoxy) is 1. The molecule has 5 rings (SSSR count). The number of aliphatic imine (C=N–C) groups is 1. The molecule has 2 N–H and O–H groups in total. The van der Waals surface area contributed by atoms with Crippen LogP contribution in [0.3, 0.4) is 0 Å². The maximum absolute atomic E-state index is 13.4. The number of amides is 1. The van der Waals surface area contributed by atoms with Gasteiger partial charge in [0.2, 0.25) is 0 Å². The summed E-state index contributed by atoms with van der Waals surface area (Å²) in [5.41, 5.74) is 3.89. The smallest absolute Gasteiger partial charge is 0.335 e. The van der Waals surface area contributed by atoms with Crippen LogP contribution in [0.4, 0.5) is 5.00 Å². The molecule has 0 radical (unpaired) electrons. The number of carbonyl (C=O) groups is 2. The molecule has 2 aromatic heterocycles. The summed E-state index contributed by atoms with van der Waals surface area (Å²) in [4.78, 5) is 30.7. The molecule has 7 nitrogen and oxygen atoms in total. The number of hydrogen-bond donors (Lipinski definition) is 2. The Labute approximate surface area is 243 Å². The molecule has 2 aromatic carbocycles. The summed E-state index contributed by atoms with van der Waals surface area (Å²) < 4.78 is 11.2. The Hall–Kier alpha value is -4.17. The third-order valence-corrected chi connectivity index (χ3v) is 8.65. The van der Waals surface area contributed by atoms with Crippen molar-refractivity contribution in [3.63, 3.8) is 0 Å². The van der Waals surface area contributed by atoms with Crippen molar-refractivity contribution in [1.29, 1.82) is 0 Å². The molecule has 2 heterocycles. The molecular formula is C33H34N2O5S. The zero-order valence-corrected chi connectivity index (χ0v) is 24.3. The van der Waals surface area contributed by atoms with Crippen molar-refractivity contribution >= 4 is 34.4 Å². The Morgan fingerprint density at radius 2 is 1.95 bits per heavy atom. The van der Waals surface area contributed by atoms with E-state index in [9.17, 15) is 14.7 Å². The summed E-state index contributed by atoms with van der Waals surface area (Å²) in [5.74, 6) is 0.840. The van der Waals surface area contributed by atoms with Gasteiger partial charge >= 0.3 is 5.97 Å². The fourth-order valence-corrected chi connectivity index (χ4v) is 6.32. The maximum atomic E-state index is 13.4. The number of fused-ring (bicyclic) bond motifs is 1. The van der Waals surface area contributed by atoms with Crippen LogP contribution in [0.25, 0.3) is 0 Å². The van der Waals surface area contributed by atoms with E-state index in [2.05, 4.69) is 26.1 Å². The van der Waals surface area contributed by atoms with Crippen molar-refractivity contribution < 1.29 is 23.8 Å². The number of benzene rings is 2. The lowest BCUT2D eigenvalue weighted by molar-refractivity contribution is 0.0696. The van der Waals surface area contributed by atoms with Crippen LogP contribution in [0, 0.1) is 11.3 Å². The van der Waals surface area contributed by atoms with E-state index in [1.165, 1.54) is 4.88 Å². The number of aromatic carboxylic acids is 1. The van der Waals surface area contributed by atoms with Crippen LogP contribution in [0.2, 0.25) is 0 Å². The number of thiophene rings is 1. The van der Waals surface area contributed by atoms with Crippen molar-refractivity contribution in [1.82, 2.24) is 5.32 Å². The largest absolute Gasteiger partial charge is 0.489 e. The number of carboxylic acids is 1. The molecule has 1 amide bonds. The van der Waals surface area contributed by atoms with Crippen molar-refractivity contribution in [2.75, 3.05) is 0 Å². The van der Waals surface area contributed by atoms with Crippen LogP contribution in [0.15, 0.2) is 76.3 Å². The highest BCUT2D eigenvalue weighted by Crippen LogP contribution is 2.45. The van der Waals surface area contributed by atoms with Gasteiger partial charge in [0.05, 0.1) is 23.9 Å². The van der Waals surface area contributed by atoms with Crippen LogP contribution in [0.5, 0.6) is 5.75 Å². The van der Waals surface area contributed by atoms with E-state index in [0.29, 0.717) is 29.5 Å². The normalized spacial score (nSPS) is 15.0. The molecule has 0 spiro atoms. The van der Waals surface area contributed by atoms with Gasteiger partial charge in [-0.15, -0.1) is 11.3 Å². The van der Waals surface area contributed by atoms with Gasteiger partial charge in [-0.05, 0) is 95.8 Å². The van der Waals surface area contributed by atoms with Gasteiger partial charge in [0.25, 0.3) is 5.91 Å². The van der Waals surface area contributed by atoms with Gasteiger partial charge in [-0.3, -0.25) is 4.79 Å². The average Bonchev–Trinajstić information content (AvgIpc) is 3.61. The predicted molar refractivity (Wildman–Crippen MR) is 161 cm³/mol.